The van der Waals surface area contributed by atoms with E-state index >= 15 is 0 Å². The van der Waals surface area contributed by atoms with E-state index in [0.29, 0.717) is 16.5 Å². The fraction of sp³-hybridized carbons (Fsp3) is 0.267. The number of amides is 1. The molecule has 0 aliphatic rings. The van der Waals surface area contributed by atoms with Gasteiger partial charge in [-0.25, -0.2) is 0 Å². The largest absolute Gasteiger partial charge is 0.451 e. The van der Waals surface area contributed by atoms with Gasteiger partial charge in [0.05, 0.1) is 0 Å². The molecule has 1 heterocycles. The van der Waals surface area contributed by atoms with Crippen molar-refractivity contribution >= 4 is 17.5 Å². The first kappa shape index (κ1) is 13.7. The van der Waals surface area contributed by atoms with Gasteiger partial charge in [0, 0.05) is 16.6 Å². The number of rotatable bonds is 3. The first-order valence-electron chi connectivity index (χ1n) is 6.14. The average Bonchev–Trinajstić information content (AvgIpc) is 2.81. The fourth-order valence-corrected chi connectivity index (χ4v) is 1.88. The van der Waals surface area contributed by atoms with Gasteiger partial charge in [0.25, 0.3) is 5.91 Å². The molecule has 4 heteroatoms. The monoisotopic (exact) mass is 277 g/mol. The maximum absolute atomic E-state index is 11.8. The van der Waals surface area contributed by atoms with Crippen LogP contribution in [0.25, 0.3) is 11.3 Å². The average molecular weight is 278 g/mol. The maximum atomic E-state index is 11.8. The molecular weight excluding hydrogens is 262 g/mol. The van der Waals surface area contributed by atoms with E-state index in [-0.39, 0.29) is 11.9 Å². The molecule has 100 valence electrons. The Morgan fingerprint density at radius 2 is 2.00 bits per heavy atom. The second-order valence-electron chi connectivity index (χ2n) is 4.76. The summed E-state index contributed by atoms with van der Waals surface area (Å²) in [7, 11) is 0. The van der Waals surface area contributed by atoms with Crippen LogP contribution in [0, 0.1) is 6.92 Å². The molecule has 0 saturated carbocycles. The van der Waals surface area contributed by atoms with Gasteiger partial charge in [0.15, 0.2) is 5.76 Å². The number of carbonyl (C=O) groups is 1. The lowest BCUT2D eigenvalue weighted by Crippen LogP contribution is -2.29. The molecule has 0 bridgehead atoms. The van der Waals surface area contributed by atoms with Crippen molar-refractivity contribution in [1.29, 1.82) is 0 Å². The second kappa shape index (κ2) is 5.49. The lowest BCUT2D eigenvalue weighted by atomic mass is 10.1. The summed E-state index contributed by atoms with van der Waals surface area (Å²) in [5, 5.41) is 3.47. The summed E-state index contributed by atoms with van der Waals surface area (Å²) in [5.74, 6) is 0.732. The summed E-state index contributed by atoms with van der Waals surface area (Å²) in [5.41, 5.74) is 1.87. The van der Waals surface area contributed by atoms with Gasteiger partial charge in [0.1, 0.15) is 5.76 Å². The van der Waals surface area contributed by atoms with Crippen LogP contribution in [0.1, 0.15) is 30.0 Å². The molecule has 0 unspecified atom stereocenters. The van der Waals surface area contributed by atoms with Gasteiger partial charge in [0.2, 0.25) is 0 Å². The number of hydrogen-bond donors (Lipinski definition) is 1. The highest BCUT2D eigenvalue weighted by Crippen LogP contribution is 2.26. The smallest absolute Gasteiger partial charge is 0.287 e. The van der Waals surface area contributed by atoms with Gasteiger partial charge >= 0.3 is 0 Å². The van der Waals surface area contributed by atoms with Gasteiger partial charge < -0.3 is 9.73 Å². The zero-order chi connectivity index (χ0) is 14.0. The van der Waals surface area contributed by atoms with Crippen molar-refractivity contribution in [3.8, 4) is 11.3 Å². The number of aryl methyl sites for hydroxylation is 1. The molecule has 1 amide bonds. The van der Waals surface area contributed by atoms with E-state index in [1.54, 1.807) is 12.1 Å². The van der Waals surface area contributed by atoms with Crippen LogP contribution in [0.2, 0.25) is 5.02 Å². The molecule has 0 radical (unpaired) electrons. The van der Waals surface area contributed by atoms with Crippen molar-refractivity contribution in [3.05, 3.63) is 46.7 Å². The van der Waals surface area contributed by atoms with Crippen LogP contribution in [0.5, 0.6) is 0 Å². The minimum absolute atomic E-state index is 0.0786. The van der Waals surface area contributed by atoms with Crippen LogP contribution in [0.3, 0.4) is 0 Å². The van der Waals surface area contributed by atoms with Crippen LogP contribution < -0.4 is 5.32 Å². The molecule has 0 fully saturated rings. The van der Waals surface area contributed by atoms with Crippen molar-refractivity contribution < 1.29 is 9.21 Å². The van der Waals surface area contributed by atoms with E-state index in [4.69, 9.17) is 16.0 Å². The molecule has 0 aliphatic heterocycles. The van der Waals surface area contributed by atoms with E-state index in [1.807, 2.05) is 39.0 Å². The number of halogens is 1. The Balaban J connectivity index is 2.25. The lowest BCUT2D eigenvalue weighted by molar-refractivity contribution is 0.0916. The first-order valence-corrected chi connectivity index (χ1v) is 6.52. The molecule has 0 aliphatic carbocycles. The Bertz CT molecular complexity index is 602. The molecule has 1 N–H and O–H groups in total. The number of carbonyl (C=O) groups excluding carboxylic acids is 1. The van der Waals surface area contributed by atoms with Crippen molar-refractivity contribution in [2.75, 3.05) is 0 Å². The number of furan rings is 1. The predicted molar refractivity (Wildman–Crippen MR) is 76.5 cm³/mol. The number of benzene rings is 1. The third-order valence-corrected chi connectivity index (χ3v) is 3.11. The molecule has 3 nitrogen and oxygen atoms in total. The molecular formula is C15H16ClNO2. The van der Waals surface area contributed by atoms with E-state index in [9.17, 15) is 4.79 Å². The van der Waals surface area contributed by atoms with Gasteiger partial charge in [-0.05, 0) is 44.5 Å². The highest BCUT2D eigenvalue weighted by molar-refractivity contribution is 6.31. The predicted octanol–water partition coefficient (Wildman–Crippen LogP) is 4.05. The zero-order valence-electron chi connectivity index (χ0n) is 11.2. The van der Waals surface area contributed by atoms with E-state index < -0.39 is 0 Å². The summed E-state index contributed by atoms with van der Waals surface area (Å²) >= 11 is 6.08. The maximum Gasteiger partial charge on any atom is 0.287 e. The van der Waals surface area contributed by atoms with Gasteiger partial charge in [-0.2, -0.15) is 0 Å². The van der Waals surface area contributed by atoms with Gasteiger partial charge in [-0.3, -0.25) is 4.79 Å². The minimum Gasteiger partial charge on any atom is -0.451 e. The Labute approximate surface area is 117 Å². The van der Waals surface area contributed by atoms with E-state index in [1.165, 1.54) is 0 Å². The molecule has 19 heavy (non-hydrogen) atoms. The standard InChI is InChI=1S/C15H16ClNO2/c1-9(2)17-15(18)14-7-6-13(19-14)11-5-4-10(3)12(16)8-11/h4-9H,1-3H3,(H,17,18). The zero-order valence-corrected chi connectivity index (χ0v) is 11.9. The van der Waals surface area contributed by atoms with Gasteiger partial charge in [-0.15, -0.1) is 0 Å². The van der Waals surface area contributed by atoms with Crippen LogP contribution in [0.15, 0.2) is 34.7 Å². The Morgan fingerprint density at radius 3 is 2.63 bits per heavy atom. The summed E-state index contributed by atoms with van der Waals surface area (Å²) in [4.78, 5) is 11.8. The summed E-state index contributed by atoms with van der Waals surface area (Å²) in [6.07, 6.45) is 0. The van der Waals surface area contributed by atoms with E-state index in [0.717, 1.165) is 11.1 Å². The second-order valence-corrected chi connectivity index (χ2v) is 5.16. The van der Waals surface area contributed by atoms with Crippen LogP contribution in [-0.4, -0.2) is 11.9 Å². The highest BCUT2D eigenvalue weighted by Gasteiger charge is 2.13. The molecule has 2 rings (SSSR count). The topological polar surface area (TPSA) is 42.2 Å². The van der Waals surface area contributed by atoms with E-state index in [2.05, 4.69) is 5.32 Å². The molecule has 0 atom stereocenters. The van der Waals surface area contributed by atoms with Crippen molar-refractivity contribution in [2.24, 2.45) is 0 Å². The summed E-state index contributed by atoms with van der Waals surface area (Å²) < 4.78 is 5.56. The van der Waals surface area contributed by atoms with Crippen molar-refractivity contribution in [3.63, 3.8) is 0 Å². The number of nitrogens with one attached hydrogen (secondary N) is 1. The van der Waals surface area contributed by atoms with Crippen molar-refractivity contribution in [2.45, 2.75) is 26.8 Å². The van der Waals surface area contributed by atoms with Crippen LogP contribution in [-0.2, 0) is 0 Å². The lowest BCUT2D eigenvalue weighted by Gasteiger charge is -2.05. The molecule has 1 aromatic heterocycles. The Hall–Kier alpha value is -1.74. The fourth-order valence-electron chi connectivity index (χ4n) is 1.69. The minimum atomic E-state index is -0.209. The van der Waals surface area contributed by atoms with Gasteiger partial charge in [-0.1, -0.05) is 23.7 Å². The molecule has 0 spiro atoms. The SMILES string of the molecule is Cc1ccc(-c2ccc(C(=O)NC(C)C)o2)cc1Cl. The third-order valence-electron chi connectivity index (χ3n) is 2.71. The Kier molecular flexibility index (Phi) is 3.96. The normalized spacial score (nSPS) is 10.8. The van der Waals surface area contributed by atoms with Crippen LogP contribution in [0.4, 0.5) is 0 Å². The number of hydrogen-bond acceptors (Lipinski definition) is 2. The molecule has 2 aromatic rings. The summed E-state index contributed by atoms with van der Waals surface area (Å²) in [6, 6.07) is 9.20. The summed E-state index contributed by atoms with van der Waals surface area (Å²) in [6.45, 7) is 5.75. The van der Waals surface area contributed by atoms with Crippen molar-refractivity contribution in [1.82, 2.24) is 5.32 Å². The highest BCUT2D eigenvalue weighted by atomic mass is 35.5. The molecule has 0 saturated heterocycles. The molecule has 1 aromatic carbocycles. The first-order chi connectivity index (χ1) is 8.97. The van der Waals surface area contributed by atoms with Crippen LogP contribution >= 0.6 is 11.6 Å². The Morgan fingerprint density at radius 1 is 1.26 bits per heavy atom. The third kappa shape index (κ3) is 3.18. The quantitative estimate of drug-likeness (QED) is 0.920.